The molecule has 1 atom stereocenters. The number of aromatic nitrogens is 2. The monoisotopic (exact) mass is 328 g/mol. The van der Waals surface area contributed by atoms with Crippen molar-refractivity contribution in [2.75, 3.05) is 25.3 Å². The van der Waals surface area contributed by atoms with Gasteiger partial charge in [-0.3, -0.25) is 0 Å². The zero-order valence-corrected chi connectivity index (χ0v) is 14.9. The molecule has 1 heterocycles. The fraction of sp³-hybridized carbons (Fsp3) is 0.444. The van der Waals surface area contributed by atoms with E-state index in [9.17, 15) is 0 Å². The van der Waals surface area contributed by atoms with E-state index in [1.807, 2.05) is 25.2 Å². The van der Waals surface area contributed by atoms with Gasteiger partial charge < -0.3 is 10.2 Å². The Bertz CT molecular complexity index is 672. The Balaban J connectivity index is 1.72. The van der Waals surface area contributed by atoms with Crippen LogP contribution in [0.5, 0.6) is 0 Å². The van der Waals surface area contributed by atoms with Gasteiger partial charge in [0.2, 0.25) is 5.95 Å². The van der Waals surface area contributed by atoms with Crippen molar-refractivity contribution in [3.05, 3.63) is 47.3 Å². The molecule has 0 radical (unpaired) electrons. The summed E-state index contributed by atoms with van der Waals surface area (Å²) in [5, 5.41) is 3.69. The second kappa shape index (κ2) is 7.32. The first-order chi connectivity index (χ1) is 11.2. The standard InChI is InChI=1S/C18H24N4S/c1-22(2)18-20-12-15-16(8-5-9-17(15)21-18)19-11-13-6-4-7-14(10-13)23-3/h4,6-7,10,12,16,19H,5,8-9,11H2,1-3H3. The van der Waals surface area contributed by atoms with E-state index in [-0.39, 0.29) is 0 Å². The first kappa shape index (κ1) is 16.3. The molecule has 1 aromatic heterocycles. The Morgan fingerprint density at radius 3 is 3.00 bits per heavy atom. The van der Waals surface area contributed by atoms with Crippen molar-refractivity contribution in [2.24, 2.45) is 0 Å². The van der Waals surface area contributed by atoms with Gasteiger partial charge in [-0.1, -0.05) is 12.1 Å². The van der Waals surface area contributed by atoms with Gasteiger partial charge in [-0.25, -0.2) is 9.97 Å². The second-order valence-electron chi connectivity index (χ2n) is 6.14. The van der Waals surface area contributed by atoms with Crippen LogP contribution in [-0.2, 0) is 13.0 Å². The molecule has 0 spiro atoms. The van der Waals surface area contributed by atoms with Gasteiger partial charge in [0.1, 0.15) is 0 Å². The van der Waals surface area contributed by atoms with E-state index in [2.05, 4.69) is 40.8 Å². The summed E-state index contributed by atoms with van der Waals surface area (Å²) in [6.07, 6.45) is 7.51. The molecule has 0 saturated carbocycles. The molecule has 23 heavy (non-hydrogen) atoms. The molecule has 3 rings (SSSR count). The summed E-state index contributed by atoms with van der Waals surface area (Å²) in [5.41, 5.74) is 3.79. The Morgan fingerprint density at radius 2 is 2.22 bits per heavy atom. The van der Waals surface area contributed by atoms with Gasteiger partial charge >= 0.3 is 0 Å². The minimum atomic E-state index is 0.355. The molecule has 0 fully saturated rings. The van der Waals surface area contributed by atoms with Crippen molar-refractivity contribution >= 4 is 17.7 Å². The molecular weight excluding hydrogens is 304 g/mol. The number of nitrogens with zero attached hydrogens (tertiary/aromatic N) is 3. The Hall–Kier alpha value is -1.59. The van der Waals surface area contributed by atoms with Crippen molar-refractivity contribution in [2.45, 2.75) is 36.7 Å². The highest BCUT2D eigenvalue weighted by molar-refractivity contribution is 7.98. The molecule has 1 aromatic carbocycles. The fourth-order valence-electron chi connectivity index (χ4n) is 2.99. The quantitative estimate of drug-likeness (QED) is 0.852. The van der Waals surface area contributed by atoms with E-state index in [1.165, 1.54) is 28.1 Å². The van der Waals surface area contributed by atoms with E-state index >= 15 is 0 Å². The molecule has 0 aliphatic heterocycles. The number of fused-ring (bicyclic) bond motifs is 1. The first-order valence-corrected chi connectivity index (χ1v) is 9.29. The predicted molar refractivity (Wildman–Crippen MR) is 97.1 cm³/mol. The summed E-state index contributed by atoms with van der Waals surface area (Å²) in [6.45, 7) is 0.883. The average Bonchev–Trinajstić information content (AvgIpc) is 2.59. The van der Waals surface area contributed by atoms with Crippen LogP contribution in [0.4, 0.5) is 5.95 Å². The minimum Gasteiger partial charge on any atom is -0.347 e. The Kier molecular flexibility index (Phi) is 5.18. The van der Waals surface area contributed by atoms with E-state index < -0.39 is 0 Å². The number of anilines is 1. The molecule has 0 bridgehead atoms. The third-order valence-corrected chi connectivity index (χ3v) is 4.98. The summed E-state index contributed by atoms with van der Waals surface area (Å²) in [6, 6.07) is 9.08. The SMILES string of the molecule is CSc1cccc(CNC2CCCc3nc(N(C)C)ncc32)c1. The van der Waals surface area contributed by atoms with Crippen LogP contribution in [0.15, 0.2) is 35.4 Å². The third-order valence-electron chi connectivity index (χ3n) is 4.26. The van der Waals surface area contributed by atoms with Gasteiger partial charge in [0, 0.05) is 43.3 Å². The van der Waals surface area contributed by atoms with E-state index in [0.29, 0.717) is 6.04 Å². The number of benzene rings is 1. The number of hydrogen-bond donors (Lipinski definition) is 1. The molecule has 122 valence electrons. The van der Waals surface area contributed by atoms with Gasteiger partial charge in [-0.15, -0.1) is 11.8 Å². The largest absolute Gasteiger partial charge is 0.347 e. The van der Waals surface area contributed by atoms with Crippen LogP contribution >= 0.6 is 11.8 Å². The normalized spacial score (nSPS) is 16.9. The van der Waals surface area contributed by atoms with Crippen molar-refractivity contribution in [1.82, 2.24) is 15.3 Å². The molecule has 0 saturated heterocycles. The zero-order chi connectivity index (χ0) is 16.2. The molecule has 2 aromatic rings. The van der Waals surface area contributed by atoms with Gasteiger partial charge in [0.25, 0.3) is 0 Å². The van der Waals surface area contributed by atoms with Gasteiger partial charge in [0.05, 0.1) is 5.69 Å². The minimum absolute atomic E-state index is 0.355. The summed E-state index contributed by atoms with van der Waals surface area (Å²) >= 11 is 1.78. The van der Waals surface area contributed by atoms with Crippen molar-refractivity contribution in [3.8, 4) is 0 Å². The Labute approximate surface area is 142 Å². The van der Waals surface area contributed by atoms with Gasteiger partial charge in [0.15, 0.2) is 0 Å². The van der Waals surface area contributed by atoms with Crippen molar-refractivity contribution < 1.29 is 0 Å². The topological polar surface area (TPSA) is 41.1 Å². The highest BCUT2D eigenvalue weighted by Gasteiger charge is 2.22. The smallest absolute Gasteiger partial charge is 0.225 e. The number of hydrogen-bond acceptors (Lipinski definition) is 5. The second-order valence-corrected chi connectivity index (χ2v) is 7.02. The van der Waals surface area contributed by atoms with Crippen molar-refractivity contribution in [3.63, 3.8) is 0 Å². The molecule has 0 amide bonds. The van der Waals surface area contributed by atoms with Crippen LogP contribution < -0.4 is 10.2 Å². The number of nitrogens with one attached hydrogen (secondary N) is 1. The predicted octanol–water partition coefficient (Wildman–Crippen LogP) is 3.43. The van der Waals surface area contributed by atoms with Crippen LogP contribution in [0, 0.1) is 0 Å². The van der Waals surface area contributed by atoms with Crippen LogP contribution in [-0.4, -0.2) is 30.3 Å². The highest BCUT2D eigenvalue weighted by Crippen LogP contribution is 2.29. The molecular formula is C18H24N4S. The summed E-state index contributed by atoms with van der Waals surface area (Å²) in [5.74, 6) is 0.803. The van der Waals surface area contributed by atoms with E-state index in [4.69, 9.17) is 4.98 Å². The van der Waals surface area contributed by atoms with Gasteiger partial charge in [-0.2, -0.15) is 0 Å². The van der Waals surface area contributed by atoms with Crippen LogP contribution in [0.1, 0.15) is 35.7 Å². The van der Waals surface area contributed by atoms with Crippen LogP contribution in [0.2, 0.25) is 0 Å². The van der Waals surface area contributed by atoms with Crippen molar-refractivity contribution in [1.29, 1.82) is 0 Å². The summed E-state index contributed by atoms with van der Waals surface area (Å²) in [7, 11) is 3.97. The van der Waals surface area contributed by atoms with E-state index in [1.54, 1.807) is 11.8 Å². The molecule has 4 nitrogen and oxygen atoms in total. The number of rotatable bonds is 5. The van der Waals surface area contributed by atoms with Crippen LogP contribution in [0.3, 0.4) is 0 Å². The lowest BCUT2D eigenvalue weighted by Crippen LogP contribution is -2.26. The maximum absolute atomic E-state index is 4.72. The van der Waals surface area contributed by atoms with Gasteiger partial charge in [-0.05, 0) is 43.2 Å². The molecule has 1 aliphatic carbocycles. The maximum atomic E-state index is 4.72. The molecule has 1 aliphatic rings. The number of aryl methyl sites for hydroxylation is 1. The Morgan fingerprint density at radius 1 is 1.35 bits per heavy atom. The lowest BCUT2D eigenvalue weighted by Gasteiger charge is -2.26. The van der Waals surface area contributed by atoms with E-state index in [0.717, 1.165) is 25.3 Å². The zero-order valence-electron chi connectivity index (χ0n) is 14.0. The lowest BCUT2D eigenvalue weighted by molar-refractivity contribution is 0.452. The van der Waals surface area contributed by atoms with Crippen LogP contribution in [0.25, 0.3) is 0 Å². The fourth-order valence-corrected chi connectivity index (χ4v) is 3.47. The maximum Gasteiger partial charge on any atom is 0.225 e. The lowest BCUT2D eigenvalue weighted by atomic mass is 9.92. The summed E-state index contributed by atoms with van der Waals surface area (Å²) in [4.78, 5) is 12.5. The molecule has 1 unspecified atom stereocenters. The number of thioether (sulfide) groups is 1. The molecule has 5 heteroatoms. The first-order valence-electron chi connectivity index (χ1n) is 8.07. The summed E-state index contributed by atoms with van der Waals surface area (Å²) < 4.78 is 0. The highest BCUT2D eigenvalue weighted by atomic mass is 32.2. The molecule has 1 N–H and O–H groups in total. The average molecular weight is 328 g/mol. The third kappa shape index (κ3) is 3.85.